The van der Waals surface area contributed by atoms with Gasteiger partial charge in [0.15, 0.2) is 0 Å². The van der Waals surface area contributed by atoms with Gasteiger partial charge in [-0.05, 0) is 25.6 Å². The van der Waals surface area contributed by atoms with Gasteiger partial charge in [0.25, 0.3) is 5.91 Å². The number of amides is 2. The standard InChI is InChI=1S/C12H17N3O2.ClH/c1-8-4-3-5-9(11(8)12(13)17)15-10(16)6-7-14-2;/h3-5,14H,6-7H2,1-2H3,(H2,13,17)(H,15,16);1H. The van der Waals surface area contributed by atoms with Crippen molar-refractivity contribution >= 4 is 29.9 Å². The molecule has 0 saturated carbocycles. The first kappa shape index (κ1) is 16.4. The topological polar surface area (TPSA) is 84.2 Å². The molecule has 0 spiro atoms. The van der Waals surface area contributed by atoms with Gasteiger partial charge < -0.3 is 16.4 Å². The molecule has 2 amide bonds. The minimum Gasteiger partial charge on any atom is -0.366 e. The molecule has 4 N–H and O–H groups in total. The van der Waals surface area contributed by atoms with Crippen LogP contribution in [0.2, 0.25) is 0 Å². The van der Waals surface area contributed by atoms with Crippen LogP contribution in [0.5, 0.6) is 0 Å². The minimum atomic E-state index is -0.535. The number of nitrogens with two attached hydrogens (primary N) is 1. The number of rotatable bonds is 5. The SMILES string of the molecule is CNCCC(=O)Nc1cccc(C)c1C(N)=O.Cl. The first-order valence-corrected chi connectivity index (χ1v) is 5.40. The maximum atomic E-state index is 11.6. The summed E-state index contributed by atoms with van der Waals surface area (Å²) in [6.07, 6.45) is 0.350. The summed E-state index contributed by atoms with van der Waals surface area (Å²) in [5.74, 6) is -0.681. The van der Waals surface area contributed by atoms with E-state index >= 15 is 0 Å². The molecule has 0 unspecified atom stereocenters. The summed E-state index contributed by atoms with van der Waals surface area (Å²) < 4.78 is 0. The number of anilines is 1. The molecule has 5 nitrogen and oxygen atoms in total. The van der Waals surface area contributed by atoms with Gasteiger partial charge >= 0.3 is 0 Å². The Kier molecular flexibility index (Phi) is 7.00. The summed E-state index contributed by atoms with van der Waals surface area (Å²) >= 11 is 0. The summed E-state index contributed by atoms with van der Waals surface area (Å²) in [7, 11) is 1.77. The second-order valence-corrected chi connectivity index (χ2v) is 3.76. The molecule has 0 aliphatic rings. The molecule has 0 aliphatic heterocycles. The summed E-state index contributed by atoms with van der Waals surface area (Å²) in [5.41, 5.74) is 6.88. The number of benzene rings is 1. The van der Waals surface area contributed by atoms with Gasteiger partial charge in [-0.3, -0.25) is 9.59 Å². The fourth-order valence-electron chi connectivity index (χ4n) is 1.55. The van der Waals surface area contributed by atoms with Crippen molar-refractivity contribution in [3.8, 4) is 0 Å². The van der Waals surface area contributed by atoms with Crippen molar-refractivity contribution in [3.63, 3.8) is 0 Å². The lowest BCUT2D eigenvalue weighted by molar-refractivity contribution is -0.116. The van der Waals surface area contributed by atoms with Crippen LogP contribution in [0.25, 0.3) is 0 Å². The lowest BCUT2D eigenvalue weighted by atomic mass is 10.1. The molecule has 1 aromatic rings. The largest absolute Gasteiger partial charge is 0.366 e. The summed E-state index contributed by atoms with van der Waals surface area (Å²) in [4.78, 5) is 22.9. The van der Waals surface area contributed by atoms with Crippen LogP contribution in [0, 0.1) is 6.92 Å². The number of nitrogens with one attached hydrogen (secondary N) is 2. The number of hydrogen-bond donors (Lipinski definition) is 3. The van der Waals surface area contributed by atoms with E-state index in [1.807, 2.05) is 0 Å². The van der Waals surface area contributed by atoms with Gasteiger partial charge in [0, 0.05) is 13.0 Å². The Morgan fingerprint density at radius 2 is 2.00 bits per heavy atom. The van der Waals surface area contributed by atoms with Crippen LogP contribution in [0.1, 0.15) is 22.3 Å². The molecule has 0 atom stereocenters. The van der Waals surface area contributed by atoms with Crippen LogP contribution in [0.15, 0.2) is 18.2 Å². The van der Waals surface area contributed by atoms with Crippen LogP contribution >= 0.6 is 12.4 Å². The van der Waals surface area contributed by atoms with Crippen LogP contribution in [0.4, 0.5) is 5.69 Å². The van der Waals surface area contributed by atoms with Crippen molar-refractivity contribution in [1.29, 1.82) is 0 Å². The molecule has 0 saturated heterocycles. The Hall–Kier alpha value is -1.59. The Labute approximate surface area is 113 Å². The predicted octanol–water partition coefficient (Wildman–Crippen LogP) is 1.06. The molecule has 6 heteroatoms. The molecule has 1 aromatic carbocycles. The fourth-order valence-corrected chi connectivity index (χ4v) is 1.55. The quantitative estimate of drug-likeness (QED) is 0.749. The zero-order chi connectivity index (χ0) is 12.8. The third kappa shape index (κ3) is 4.35. The Bertz CT molecular complexity index is 435. The average Bonchev–Trinajstić information content (AvgIpc) is 2.25. The summed E-state index contributed by atoms with van der Waals surface area (Å²) in [5, 5.41) is 5.57. The van der Waals surface area contributed by atoms with E-state index in [9.17, 15) is 9.59 Å². The van der Waals surface area contributed by atoms with E-state index in [2.05, 4.69) is 10.6 Å². The highest BCUT2D eigenvalue weighted by Crippen LogP contribution is 2.18. The number of primary amides is 1. The molecule has 18 heavy (non-hydrogen) atoms. The van der Waals surface area contributed by atoms with Crippen molar-refractivity contribution in [2.75, 3.05) is 18.9 Å². The molecule has 100 valence electrons. The van der Waals surface area contributed by atoms with Crippen molar-refractivity contribution in [1.82, 2.24) is 5.32 Å². The molecule has 0 radical (unpaired) electrons. The number of hydrogen-bond acceptors (Lipinski definition) is 3. The molecule has 0 aromatic heterocycles. The molecule has 0 heterocycles. The van der Waals surface area contributed by atoms with Gasteiger partial charge in [-0.2, -0.15) is 0 Å². The molecule has 1 rings (SSSR count). The average molecular weight is 272 g/mol. The van der Waals surface area contributed by atoms with Gasteiger partial charge in [0.1, 0.15) is 0 Å². The maximum absolute atomic E-state index is 11.6. The third-order valence-electron chi connectivity index (χ3n) is 2.40. The molecule has 0 bridgehead atoms. The zero-order valence-corrected chi connectivity index (χ0v) is 11.3. The van der Waals surface area contributed by atoms with Crippen molar-refractivity contribution in [2.24, 2.45) is 5.73 Å². The predicted molar refractivity (Wildman–Crippen MR) is 74.1 cm³/mol. The number of aryl methyl sites for hydroxylation is 1. The molecular weight excluding hydrogens is 254 g/mol. The van der Waals surface area contributed by atoms with E-state index in [0.29, 0.717) is 24.2 Å². The molecule has 0 aliphatic carbocycles. The lowest BCUT2D eigenvalue weighted by Gasteiger charge is -2.10. The van der Waals surface area contributed by atoms with Crippen LogP contribution in [-0.4, -0.2) is 25.4 Å². The van der Waals surface area contributed by atoms with Crippen LogP contribution < -0.4 is 16.4 Å². The third-order valence-corrected chi connectivity index (χ3v) is 2.40. The maximum Gasteiger partial charge on any atom is 0.251 e. The monoisotopic (exact) mass is 271 g/mol. The van der Waals surface area contributed by atoms with Crippen LogP contribution in [0.3, 0.4) is 0 Å². The first-order valence-electron chi connectivity index (χ1n) is 5.40. The number of carbonyl (C=O) groups excluding carboxylic acids is 2. The van der Waals surface area contributed by atoms with Gasteiger partial charge in [-0.25, -0.2) is 0 Å². The number of halogens is 1. The van der Waals surface area contributed by atoms with Crippen molar-refractivity contribution in [3.05, 3.63) is 29.3 Å². The van der Waals surface area contributed by atoms with E-state index in [1.165, 1.54) is 0 Å². The summed E-state index contributed by atoms with van der Waals surface area (Å²) in [6, 6.07) is 5.23. The Morgan fingerprint density at radius 3 is 2.56 bits per heavy atom. The van der Waals surface area contributed by atoms with Crippen molar-refractivity contribution < 1.29 is 9.59 Å². The van der Waals surface area contributed by atoms with Gasteiger partial charge in [-0.1, -0.05) is 12.1 Å². The summed E-state index contributed by atoms with van der Waals surface area (Å²) in [6.45, 7) is 2.37. The van der Waals surface area contributed by atoms with Crippen LogP contribution in [-0.2, 0) is 4.79 Å². The van der Waals surface area contributed by atoms with Crippen molar-refractivity contribution in [2.45, 2.75) is 13.3 Å². The highest BCUT2D eigenvalue weighted by molar-refractivity contribution is 6.04. The van der Waals surface area contributed by atoms with E-state index in [1.54, 1.807) is 32.2 Å². The lowest BCUT2D eigenvalue weighted by Crippen LogP contribution is -2.22. The second kappa shape index (κ2) is 7.68. The van der Waals surface area contributed by atoms with E-state index in [4.69, 9.17) is 5.73 Å². The first-order chi connectivity index (χ1) is 8.06. The highest BCUT2D eigenvalue weighted by Gasteiger charge is 2.12. The Balaban J connectivity index is 0.00000289. The van der Waals surface area contributed by atoms with E-state index < -0.39 is 5.91 Å². The molecule has 0 fully saturated rings. The number of carbonyl (C=O) groups is 2. The van der Waals surface area contributed by atoms with Gasteiger partial charge in [0.05, 0.1) is 11.3 Å². The van der Waals surface area contributed by atoms with E-state index in [0.717, 1.165) is 5.56 Å². The normalized spacial score (nSPS) is 9.44. The minimum absolute atomic E-state index is 0. The smallest absolute Gasteiger partial charge is 0.251 e. The molecular formula is C12H18ClN3O2. The van der Waals surface area contributed by atoms with Gasteiger partial charge in [-0.15, -0.1) is 12.4 Å². The Morgan fingerprint density at radius 1 is 1.33 bits per heavy atom. The second-order valence-electron chi connectivity index (χ2n) is 3.76. The fraction of sp³-hybridized carbons (Fsp3) is 0.333. The zero-order valence-electron chi connectivity index (χ0n) is 10.4. The van der Waals surface area contributed by atoms with E-state index in [-0.39, 0.29) is 18.3 Å². The van der Waals surface area contributed by atoms with Gasteiger partial charge in [0.2, 0.25) is 5.91 Å². The highest BCUT2D eigenvalue weighted by atomic mass is 35.5.